The number of hydrogen-bond acceptors (Lipinski definition) is 4. The lowest BCUT2D eigenvalue weighted by Gasteiger charge is -2.09. The van der Waals surface area contributed by atoms with Gasteiger partial charge in [0.1, 0.15) is 11.1 Å². The van der Waals surface area contributed by atoms with Crippen molar-refractivity contribution < 1.29 is 5.11 Å². The van der Waals surface area contributed by atoms with Gasteiger partial charge in [-0.15, -0.1) is 11.3 Å². The van der Waals surface area contributed by atoms with E-state index in [2.05, 4.69) is 10.1 Å². The fourth-order valence-corrected chi connectivity index (χ4v) is 3.14. The molecular weight excluding hydrogens is 282 g/mol. The Labute approximate surface area is 122 Å². The zero-order chi connectivity index (χ0) is 14.0. The van der Waals surface area contributed by atoms with Crippen molar-refractivity contribution in [3.63, 3.8) is 0 Å². The van der Waals surface area contributed by atoms with Crippen LogP contribution in [0.25, 0.3) is 0 Å². The molecule has 0 aliphatic carbocycles. The van der Waals surface area contributed by atoms with Crippen molar-refractivity contribution in [3.05, 3.63) is 32.5 Å². The van der Waals surface area contributed by atoms with Crippen LogP contribution in [-0.4, -0.2) is 19.9 Å². The molecule has 2 aromatic heterocycles. The summed E-state index contributed by atoms with van der Waals surface area (Å²) in [6.07, 6.45) is 0.626. The van der Waals surface area contributed by atoms with Crippen LogP contribution in [0.4, 0.5) is 0 Å². The van der Waals surface area contributed by atoms with Gasteiger partial charge in [-0.05, 0) is 20.3 Å². The van der Waals surface area contributed by atoms with E-state index in [0.717, 1.165) is 35.1 Å². The molecule has 0 saturated carbocycles. The van der Waals surface area contributed by atoms with Gasteiger partial charge in [-0.25, -0.2) is 4.98 Å². The summed E-state index contributed by atoms with van der Waals surface area (Å²) in [6.45, 7) is 6.72. The monoisotopic (exact) mass is 299 g/mol. The van der Waals surface area contributed by atoms with Crippen LogP contribution in [0.2, 0.25) is 5.02 Å². The number of aliphatic hydroxyl groups excluding tert-OH is 1. The van der Waals surface area contributed by atoms with E-state index in [0.29, 0.717) is 11.4 Å². The normalized spacial score (nSPS) is 12.9. The number of aromatic nitrogens is 3. The van der Waals surface area contributed by atoms with Gasteiger partial charge < -0.3 is 5.11 Å². The number of aliphatic hydroxyl groups is 1. The summed E-state index contributed by atoms with van der Waals surface area (Å²) in [4.78, 5) is 4.31. The summed E-state index contributed by atoms with van der Waals surface area (Å²) < 4.78 is 1.87. The zero-order valence-corrected chi connectivity index (χ0v) is 12.9. The second-order valence-corrected chi connectivity index (χ2v) is 5.69. The molecule has 2 heterocycles. The molecule has 0 radical (unpaired) electrons. The molecule has 0 bridgehead atoms. The van der Waals surface area contributed by atoms with Crippen LogP contribution in [0.1, 0.15) is 42.0 Å². The second-order valence-electron chi connectivity index (χ2n) is 4.42. The lowest BCUT2D eigenvalue weighted by atomic mass is 10.2. The molecule has 0 saturated heterocycles. The van der Waals surface area contributed by atoms with Gasteiger partial charge in [-0.1, -0.05) is 18.5 Å². The van der Waals surface area contributed by atoms with E-state index in [4.69, 9.17) is 11.6 Å². The van der Waals surface area contributed by atoms with E-state index >= 15 is 0 Å². The van der Waals surface area contributed by atoms with E-state index < -0.39 is 6.10 Å². The summed E-state index contributed by atoms with van der Waals surface area (Å²) >= 11 is 7.81. The van der Waals surface area contributed by atoms with Crippen LogP contribution in [-0.2, 0) is 19.4 Å². The van der Waals surface area contributed by atoms with E-state index in [1.165, 1.54) is 11.3 Å². The maximum atomic E-state index is 10.3. The maximum Gasteiger partial charge on any atom is 0.122 e. The van der Waals surface area contributed by atoms with Crippen molar-refractivity contribution >= 4 is 22.9 Å². The van der Waals surface area contributed by atoms with Crippen molar-refractivity contribution in [1.82, 2.24) is 14.8 Å². The number of aryl methyl sites for hydroxylation is 3. The smallest absolute Gasteiger partial charge is 0.122 e. The Bertz CT molecular complexity index is 564. The van der Waals surface area contributed by atoms with Crippen LogP contribution in [0.5, 0.6) is 0 Å². The third-order valence-corrected chi connectivity index (χ3v) is 4.50. The maximum absolute atomic E-state index is 10.3. The standard InChI is InChI=1S/C13H18ClN3OS/c1-4-9-12(14)10(17(5-2)16-9)6-11(18)13-15-8(3)7-19-13/h7,11,18H,4-6H2,1-3H3. The Balaban J connectivity index is 2.25. The minimum absolute atomic E-state index is 0.451. The van der Waals surface area contributed by atoms with Crippen molar-refractivity contribution in [2.45, 2.75) is 46.3 Å². The number of halogens is 1. The van der Waals surface area contributed by atoms with E-state index in [1.807, 2.05) is 30.8 Å². The molecule has 0 spiro atoms. The van der Waals surface area contributed by atoms with E-state index in [9.17, 15) is 5.11 Å². The fraction of sp³-hybridized carbons (Fsp3) is 0.538. The summed E-state index contributed by atoms with van der Waals surface area (Å²) in [5, 5.41) is 18.1. The third-order valence-electron chi connectivity index (χ3n) is 3.00. The molecule has 6 heteroatoms. The summed E-state index contributed by atoms with van der Waals surface area (Å²) in [5.74, 6) is 0. The molecule has 1 unspecified atom stereocenters. The number of nitrogens with zero attached hydrogens (tertiary/aromatic N) is 3. The minimum atomic E-state index is -0.622. The van der Waals surface area contributed by atoms with E-state index in [1.54, 1.807) is 0 Å². The molecule has 0 fully saturated rings. The Morgan fingerprint density at radius 2 is 2.21 bits per heavy atom. The summed E-state index contributed by atoms with van der Waals surface area (Å²) in [5.41, 5.74) is 2.71. The highest BCUT2D eigenvalue weighted by molar-refractivity contribution is 7.09. The van der Waals surface area contributed by atoms with Gasteiger partial charge in [-0.3, -0.25) is 4.68 Å². The second kappa shape index (κ2) is 6.03. The molecule has 19 heavy (non-hydrogen) atoms. The van der Waals surface area contributed by atoms with Crippen LogP contribution in [0, 0.1) is 6.92 Å². The largest absolute Gasteiger partial charge is 0.386 e. The number of hydrogen-bond donors (Lipinski definition) is 1. The lowest BCUT2D eigenvalue weighted by Crippen LogP contribution is -2.08. The first kappa shape index (κ1) is 14.5. The first-order valence-electron chi connectivity index (χ1n) is 6.40. The topological polar surface area (TPSA) is 50.9 Å². The number of rotatable bonds is 5. The van der Waals surface area contributed by atoms with Crippen LogP contribution >= 0.6 is 22.9 Å². The predicted molar refractivity (Wildman–Crippen MR) is 77.8 cm³/mol. The van der Waals surface area contributed by atoms with Crippen molar-refractivity contribution in [3.8, 4) is 0 Å². The SMILES string of the molecule is CCc1nn(CC)c(CC(O)c2nc(C)cs2)c1Cl. The molecule has 2 aromatic rings. The molecule has 4 nitrogen and oxygen atoms in total. The third kappa shape index (κ3) is 2.99. The Hall–Kier alpha value is -0.910. The van der Waals surface area contributed by atoms with Gasteiger partial charge >= 0.3 is 0 Å². The van der Waals surface area contributed by atoms with Gasteiger partial charge in [-0.2, -0.15) is 5.10 Å². The molecule has 2 rings (SSSR count). The number of thiazole rings is 1. The molecular formula is C13H18ClN3OS. The molecule has 0 aromatic carbocycles. The molecule has 1 N–H and O–H groups in total. The Kier molecular flexibility index (Phi) is 4.60. The van der Waals surface area contributed by atoms with Crippen molar-refractivity contribution in [2.24, 2.45) is 0 Å². The van der Waals surface area contributed by atoms with E-state index in [-0.39, 0.29) is 0 Å². The molecule has 0 aliphatic rings. The van der Waals surface area contributed by atoms with Gasteiger partial charge in [0.15, 0.2) is 0 Å². The van der Waals surface area contributed by atoms with Crippen molar-refractivity contribution in [1.29, 1.82) is 0 Å². The van der Waals surface area contributed by atoms with Crippen molar-refractivity contribution in [2.75, 3.05) is 0 Å². The lowest BCUT2D eigenvalue weighted by molar-refractivity contribution is 0.175. The molecule has 0 aliphatic heterocycles. The van der Waals surface area contributed by atoms with Crippen LogP contribution < -0.4 is 0 Å². The average molecular weight is 300 g/mol. The highest BCUT2D eigenvalue weighted by Gasteiger charge is 2.20. The Morgan fingerprint density at radius 1 is 1.47 bits per heavy atom. The zero-order valence-electron chi connectivity index (χ0n) is 11.4. The average Bonchev–Trinajstić information content (AvgIpc) is 2.95. The Morgan fingerprint density at radius 3 is 2.74 bits per heavy atom. The van der Waals surface area contributed by atoms with Crippen LogP contribution in [0.3, 0.4) is 0 Å². The van der Waals surface area contributed by atoms with Gasteiger partial charge in [0.05, 0.1) is 16.4 Å². The summed E-state index contributed by atoms with van der Waals surface area (Å²) in [6, 6.07) is 0. The van der Waals surface area contributed by atoms with Crippen LogP contribution in [0.15, 0.2) is 5.38 Å². The highest BCUT2D eigenvalue weighted by atomic mass is 35.5. The predicted octanol–water partition coefficient (Wildman–Crippen LogP) is 3.16. The molecule has 1 atom stereocenters. The summed E-state index contributed by atoms with van der Waals surface area (Å²) in [7, 11) is 0. The first-order chi connectivity index (χ1) is 9.06. The van der Waals surface area contributed by atoms with Gasteiger partial charge in [0.2, 0.25) is 0 Å². The minimum Gasteiger partial charge on any atom is -0.386 e. The van der Waals surface area contributed by atoms with Gasteiger partial charge in [0.25, 0.3) is 0 Å². The van der Waals surface area contributed by atoms with Gasteiger partial charge in [0, 0.05) is 24.0 Å². The fourth-order valence-electron chi connectivity index (χ4n) is 2.01. The first-order valence-corrected chi connectivity index (χ1v) is 7.66. The highest BCUT2D eigenvalue weighted by Crippen LogP contribution is 2.28. The quantitative estimate of drug-likeness (QED) is 0.922. The molecule has 0 amide bonds. The molecule has 104 valence electrons.